The van der Waals surface area contributed by atoms with Gasteiger partial charge in [0.15, 0.2) is 14.1 Å². The summed E-state index contributed by atoms with van der Waals surface area (Å²) in [6.07, 6.45) is 1.23. The molecule has 0 spiro atoms. The predicted octanol–water partition coefficient (Wildman–Crippen LogP) is 10.3. The van der Waals surface area contributed by atoms with Crippen LogP contribution in [0.1, 0.15) is 112 Å². The maximum absolute atomic E-state index is 14.1. The average Bonchev–Trinajstić information content (AvgIpc) is 3.70. The number of carbonyl (C=O) groups is 3. The van der Waals surface area contributed by atoms with Gasteiger partial charge in [-0.1, -0.05) is 112 Å². The van der Waals surface area contributed by atoms with Gasteiger partial charge in [0.1, 0.15) is 24.1 Å². The molecular weight excluding hydrogens is 863 g/mol. The number of nitrogens with one attached hydrogen (secondary N) is 1. The largest absolute Gasteiger partial charge is 0.487 e. The minimum atomic E-state index is -2.47. The number of pyridine rings is 1. The number of amides is 1. The summed E-state index contributed by atoms with van der Waals surface area (Å²) in [6.45, 7) is 18.6. The van der Waals surface area contributed by atoms with Gasteiger partial charge in [0.25, 0.3) is 0 Å². The van der Waals surface area contributed by atoms with E-state index in [9.17, 15) is 24.3 Å². The monoisotopic (exact) mass is 931 g/mol. The summed E-state index contributed by atoms with van der Waals surface area (Å²) in [5.41, 5.74) is 0.206. The van der Waals surface area contributed by atoms with Gasteiger partial charge in [-0.05, 0) is 100 Å². The van der Waals surface area contributed by atoms with E-state index in [4.69, 9.17) is 18.6 Å². The lowest BCUT2D eigenvalue weighted by molar-refractivity contribution is -0.167. The number of nitrogens with zero attached hydrogens (tertiary/aromatic N) is 2. The van der Waals surface area contributed by atoms with Crippen molar-refractivity contribution in [2.45, 2.75) is 122 Å². The molecule has 2 heterocycles. The molecule has 13 heteroatoms. The van der Waals surface area contributed by atoms with Gasteiger partial charge in [-0.25, -0.2) is 9.59 Å². The number of likely N-dealkylation sites (tertiary alicyclic amines) is 1. The number of benzene rings is 4. The second-order valence-electron chi connectivity index (χ2n) is 20.3. The van der Waals surface area contributed by atoms with Crippen LogP contribution in [-0.4, -0.2) is 91.0 Å². The number of esters is 1. The summed E-state index contributed by atoms with van der Waals surface area (Å²) in [4.78, 5) is 61.2. The van der Waals surface area contributed by atoms with Crippen molar-refractivity contribution >= 4 is 37.1 Å². The Bertz CT molecular complexity index is 2530. The summed E-state index contributed by atoms with van der Waals surface area (Å²) < 4.78 is 25.3. The summed E-state index contributed by atoms with van der Waals surface area (Å²) in [5, 5.41) is 12.8. The minimum Gasteiger partial charge on any atom is -0.487 e. The molecule has 0 radical (unpaired) electrons. The van der Waals surface area contributed by atoms with Crippen molar-refractivity contribution in [1.29, 1.82) is 0 Å². The maximum atomic E-state index is 14.1. The van der Waals surface area contributed by atoms with Crippen LogP contribution in [0.25, 0.3) is 10.9 Å². The normalized spacial score (nSPS) is 16.0. The molecule has 1 saturated heterocycles. The van der Waals surface area contributed by atoms with E-state index in [-0.39, 0.29) is 41.0 Å². The molecule has 1 aliphatic rings. The molecule has 1 unspecified atom stereocenters. The molecule has 4 aromatic carbocycles. The summed E-state index contributed by atoms with van der Waals surface area (Å²) in [5.74, 6) is -0.377. The fourth-order valence-corrected chi connectivity index (χ4v) is 9.30. The van der Waals surface area contributed by atoms with Crippen LogP contribution in [-0.2, 0) is 30.9 Å². The van der Waals surface area contributed by atoms with Gasteiger partial charge in [0.2, 0.25) is 11.2 Å². The van der Waals surface area contributed by atoms with E-state index in [1.165, 1.54) is 6.07 Å². The van der Waals surface area contributed by atoms with E-state index in [0.29, 0.717) is 67.8 Å². The molecule has 358 valence electrons. The highest BCUT2D eigenvalue weighted by Crippen LogP contribution is 2.42. The lowest BCUT2D eigenvalue weighted by Crippen LogP contribution is -2.46. The zero-order chi connectivity index (χ0) is 48.6. The molecule has 1 fully saturated rings. The number of H-pyrrole nitrogens is 1. The van der Waals surface area contributed by atoms with Gasteiger partial charge in [-0.3, -0.25) is 9.59 Å². The van der Waals surface area contributed by atoms with Crippen molar-refractivity contribution in [3.8, 4) is 5.75 Å². The maximum Gasteiger partial charge on any atom is 0.410 e. The number of aromatic amines is 1. The fraction of sp³-hybridized carbons (Fsp3) is 0.444. The fourth-order valence-electron chi connectivity index (χ4n) is 8.04. The number of ether oxygens (including phenoxy) is 3. The first-order valence-electron chi connectivity index (χ1n) is 23.4. The third-order valence-electron chi connectivity index (χ3n) is 12.8. The average molecular weight is 932 g/mol. The van der Waals surface area contributed by atoms with Crippen LogP contribution in [0.15, 0.2) is 114 Å². The third-order valence-corrected chi connectivity index (χ3v) is 17.3. The van der Waals surface area contributed by atoms with Crippen LogP contribution in [0, 0.1) is 0 Å². The van der Waals surface area contributed by atoms with E-state index in [2.05, 4.69) is 43.7 Å². The van der Waals surface area contributed by atoms with Crippen LogP contribution < -0.4 is 10.3 Å². The third kappa shape index (κ3) is 13.1. The number of ketones is 1. The van der Waals surface area contributed by atoms with Crippen molar-refractivity contribution in [1.82, 2.24) is 14.8 Å². The van der Waals surface area contributed by atoms with Crippen LogP contribution in [0.2, 0.25) is 18.1 Å². The quantitative estimate of drug-likeness (QED) is 0.0355. The number of Topliss-reactive ketones (excluding diaryl/α,β-unsaturated/α-hetero) is 1. The van der Waals surface area contributed by atoms with Crippen molar-refractivity contribution in [2.75, 3.05) is 33.2 Å². The molecule has 12 nitrogen and oxygen atoms in total. The van der Waals surface area contributed by atoms with Crippen molar-refractivity contribution in [3.05, 3.63) is 147 Å². The highest BCUT2D eigenvalue weighted by atomic mass is 28.4. The van der Waals surface area contributed by atoms with Crippen LogP contribution in [0.5, 0.6) is 5.75 Å². The molecule has 1 aromatic heterocycles. The minimum absolute atomic E-state index is 0.129. The number of hydrogen-bond donors (Lipinski definition) is 2. The number of aromatic nitrogens is 1. The van der Waals surface area contributed by atoms with E-state index in [1.807, 2.05) is 76.3 Å². The zero-order valence-corrected chi connectivity index (χ0v) is 41.7. The predicted molar refractivity (Wildman–Crippen MR) is 265 cm³/mol. The first-order valence-corrected chi connectivity index (χ1v) is 26.3. The second-order valence-corrected chi connectivity index (χ2v) is 25.1. The lowest BCUT2D eigenvalue weighted by atomic mass is 9.85. The molecule has 0 aliphatic carbocycles. The molecule has 67 heavy (non-hydrogen) atoms. The van der Waals surface area contributed by atoms with Crippen LogP contribution in [0.4, 0.5) is 4.79 Å². The lowest BCUT2D eigenvalue weighted by Gasteiger charge is -2.41. The van der Waals surface area contributed by atoms with Crippen LogP contribution >= 0.6 is 0 Å². The van der Waals surface area contributed by atoms with Gasteiger partial charge >= 0.3 is 12.1 Å². The second kappa shape index (κ2) is 21.6. The molecule has 6 rings (SSSR count). The Hall–Kier alpha value is -5.60. The molecule has 1 amide bonds. The van der Waals surface area contributed by atoms with E-state index >= 15 is 0 Å². The van der Waals surface area contributed by atoms with E-state index < -0.39 is 37.7 Å². The number of unbranched alkanes of at least 4 members (excludes halogenated alkanes) is 2. The standard InChI is InChI=1S/C54H69N3O9Si/c1-52(2,3)65-51(61)57(36-47(66-67(8,9)53(4,5)6)43-27-29-46(49-44(43)28-30-48(59)55-49)63-37-38-20-13-10-14-21-38)32-18-12-17-26-45(58)39-22-19-25-41(34-39)54(62,40-23-15-11-16-24-40)50(60)64-42-31-33-56(7)35-42/h10-11,13-16,19-25,27-30,34,42,47,62H,12,17-18,26,31-33,35-37H2,1-9H3,(H,55,59)/t42-,47+,54?/m1/s1. The van der Waals surface area contributed by atoms with Crippen molar-refractivity contribution in [3.63, 3.8) is 0 Å². The highest BCUT2D eigenvalue weighted by Gasteiger charge is 2.44. The SMILES string of the molecule is CN1CC[C@@H](OC(=O)C(O)(c2ccccc2)c2cccc(C(=O)CCCCCN(C[C@H](O[Si](C)(C)C(C)(C)C)c3ccc(OCc4ccccc4)c4[nH]c(=O)ccc34)C(=O)OC(C)(C)C)c2)C1. The van der Waals surface area contributed by atoms with Gasteiger partial charge in [-0.2, -0.15) is 0 Å². The number of aliphatic hydroxyl groups is 1. The van der Waals surface area contributed by atoms with Gasteiger partial charge < -0.3 is 38.5 Å². The Morgan fingerprint density at radius 2 is 1.54 bits per heavy atom. The summed E-state index contributed by atoms with van der Waals surface area (Å²) in [7, 11) is -0.513. The van der Waals surface area contributed by atoms with Crippen LogP contribution in [0.3, 0.4) is 0 Å². The van der Waals surface area contributed by atoms with Gasteiger partial charge in [0, 0.05) is 48.6 Å². The van der Waals surface area contributed by atoms with E-state index in [0.717, 1.165) is 23.1 Å². The van der Waals surface area contributed by atoms with E-state index in [1.54, 1.807) is 59.5 Å². The molecule has 1 aliphatic heterocycles. The molecule has 5 aromatic rings. The first kappa shape index (κ1) is 50.8. The number of carbonyl (C=O) groups excluding carboxylic acids is 3. The smallest absolute Gasteiger partial charge is 0.410 e. The summed E-state index contributed by atoms with van der Waals surface area (Å²) >= 11 is 0. The molecule has 0 bridgehead atoms. The summed E-state index contributed by atoms with van der Waals surface area (Å²) in [6, 6.07) is 32.2. The van der Waals surface area contributed by atoms with Gasteiger partial charge in [0.05, 0.1) is 18.2 Å². The Morgan fingerprint density at radius 1 is 0.851 bits per heavy atom. The molecular formula is C54H69N3O9Si. The molecule has 2 N–H and O–H groups in total. The number of fused-ring (bicyclic) bond motifs is 1. The number of likely N-dealkylation sites (N-methyl/N-ethyl adjacent to an activating group) is 1. The highest BCUT2D eigenvalue weighted by molar-refractivity contribution is 6.74. The molecule has 3 atom stereocenters. The molecule has 0 saturated carbocycles. The van der Waals surface area contributed by atoms with Crippen molar-refractivity contribution in [2.24, 2.45) is 0 Å². The first-order chi connectivity index (χ1) is 31.6. The number of hydrogen-bond acceptors (Lipinski definition) is 10. The Kier molecular flexibility index (Phi) is 16.4. The van der Waals surface area contributed by atoms with Crippen molar-refractivity contribution < 1.29 is 38.1 Å². The Balaban J connectivity index is 1.20. The Morgan fingerprint density at radius 3 is 2.19 bits per heavy atom. The number of rotatable bonds is 19. The Labute approximate surface area is 396 Å². The topological polar surface area (TPSA) is 148 Å². The zero-order valence-electron chi connectivity index (χ0n) is 40.7. The van der Waals surface area contributed by atoms with Gasteiger partial charge in [-0.15, -0.1) is 0 Å².